The Morgan fingerprint density at radius 3 is 2.58 bits per heavy atom. The maximum absolute atomic E-state index is 12.5. The van der Waals surface area contributed by atoms with Crippen molar-refractivity contribution in [1.29, 1.82) is 0 Å². The molecule has 1 heterocycles. The van der Waals surface area contributed by atoms with Crippen molar-refractivity contribution in [3.8, 4) is 5.75 Å². The van der Waals surface area contributed by atoms with Gasteiger partial charge in [-0.25, -0.2) is 0 Å². The number of amides is 2. The Labute approximate surface area is 141 Å². The number of hydrogen-bond acceptors (Lipinski definition) is 3. The van der Waals surface area contributed by atoms with Gasteiger partial charge in [-0.3, -0.25) is 9.59 Å². The summed E-state index contributed by atoms with van der Waals surface area (Å²) in [5, 5.41) is 2.86. The first-order chi connectivity index (χ1) is 11.6. The number of para-hydroxylation sites is 2. The summed E-state index contributed by atoms with van der Waals surface area (Å²) in [4.78, 5) is 26.5. The van der Waals surface area contributed by atoms with Crippen LogP contribution in [-0.4, -0.2) is 25.5 Å². The van der Waals surface area contributed by atoms with E-state index in [-0.39, 0.29) is 24.2 Å². The van der Waals surface area contributed by atoms with E-state index in [9.17, 15) is 9.59 Å². The van der Waals surface area contributed by atoms with Crippen LogP contribution in [0.25, 0.3) is 0 Å². The monoisotopic (exact) mass is 324 g/mol. The molecule has 0 radical (unpaired) electrons. The second kappa shape index (κ2) is 6.74. The van der Waals surface area contributed by atoms with Crippen LogP contribution in [0.1, 0.15) is 12.0 Å². The van der Waals surface area contributed by atoms with E-state index in [0.717, 1.165) is 11.3 Å². The maximum atomic E-state index is 12.5. The fourth-order valence-corrected chi connectivity index (χ4v) is 2.84. The van der Waals surface area contributed by atoms with Gasteiger partial charge in [0.05, 0.1) is 18.7 Å². The number of carbonyl (C=O) groups excluding carboxylic acids is 2. The van der Waals surface area contributed by atoms with Gasteiger partial charge in [-0.15, -0.1) is 0 Å². The van der Waals surface area contributed by atoms with Crippen molar-refractivity contribution in [2.45, 2.75) is 13.3 Å². The Bertz CT molecular complexity index is 755. The molecule has 0 saturated carbocycles. The van der Waals surface area contributed by atoms with Crippen molar-refractivity contribution >= 4 is 23.2 Å². The largest absolute Gasteiger partial charge is 0.495 e. The lowest BCUT2D eigenvalue weighted by molar-refractivity contribution is -0.122. The molecule has 0 bridgehead atoms. The zero-order valence-corrected chi connectivity index (χ0v) is 13.8. The van der Waals surface area contributed by atoms with Crippen LogP contribution in [0.4, 0.5) is 11.4 Å². The van der Waals surface area contributed by atoms with Gasteiger partial charge in [-0.1, -0.05) is 29.8 Å². The van der Waals surface area contributed by atoms with Gasteiger partial charge < -0.3 is 15.0 Å². The molecule has 124 valence electrons. The Morgan fingerprint density at radius 2 is 1.88 bits per heavy atom. The molecule has 2 aromatic rings. The minimum Gasteiger partial charge on any atom is -0.495 e. The van der Waals surface area contributed by atoms with E-state index in [1.807, 2.05) is 43.3 Å². The standard InChI is InChI=1S/C19H20N2O3/c1-13-7-9-15(10-8-13)21-12-14(11-18(21)22)19(23)20-16-5-3-4-6-17(16)24-2/h3-10,14H,11-12H2,1-2H3,(H,20,23)/t14-/m0/s1. The third-order valence-electron chi connectivity index (χ3n) is 4.21. The Hall–Kier alpha value is -2.82. The van der Waals surface area contributed by atoms with Gasteiger partial charge in [0.25, 0.3) is 0 Å². The second-order valence-corrected chi connectivity index (χ2v) is 5.93. The van der Waals surface area contributed by atoms with Crippen LogP contribution in [0.3, 0.4) is 0 Å². The fraction of sp³-hybridized carbons (Fsp3) is 0.263. The summed E-state index contributed by atoms with van der Waals surface area (Å²) >= 11 is 0. The molecule has 1 N–H and O–H groups in total. The highest BCUT2D eigenvalue weighted by molar-refractivity contribution is 6.03. The Kier molecular flexibility index (Phi) is 4.51. The summed E-state index contributed by atoms with van der Waals surface area (Å²) in [6.45, 7) is 2.39. The quantitative estimate of drug-likeness (QED) is 0.940. The van der Waals surface area contributed by atoms with Gasteiger partial charge >= 0.3 is 0 Å². The molecule has 0 spiro atoms. The summed E-state index contributed by atoms with van der Waals surface area (Å²) in [5.74, 6) is 0.0378. The van der Waals surface area contributed by atoms with Crippen molar-refractivity contribution in [1.82, 2.24) is 0 Å². The summed E-state index contributed by atoms with van der Waals surface area (Å²) in [7, 11) is 1.56. The van der Waals surface area contributed by atoms with E-state index < -0.39 is 0 Å². The smallest absolute Gasteiger partial charge is 0.229 e. The molecular formula is C19H20N2O3. The highest BCUT2D eigenvalue weighted by Crippen LogP contribution is 2.28. The van der Waals surface area contributed by atoms with Crippen LogP contribution in [0.5, 0.6) is 5.75 Å². The molecule has 1 atom stereocenters. The lowest BCUT2D eigenvalue weighted by atomic mass is 10.1. The van der Waals surface area contributed by atoms with Crippen LogP contribution in [0.15, 0.2) is 48.5 Å². The van der Waals surface area contributed by atoms with Crippen LogP contribution in [0, 0.1) is 12.8 Å². The van der Waals surface area contributed by atoms with Crippen LogP contribution in [0.2, 0.25) is 0 Å². The molecule has 5 nitrogen and oxygen atoms in total. The lowest BCUT2D eigenvalue weighted by Crippen LogP contribution is -2.28. The normalized spacial score (nSPS) is 17.0. The molecule has 1 aliphatic heterocycles. The second-order valence-electron chi connectivity index (χ2n) is 5.93. The van der Waals surface area contributed by atoms with Gasteiger partial charge in [-0.05, 0) is 31.2 Å². The Balaban J connectivity index is 1.71. The summed E-state index contributed by atoms with van der Waals surface area (Å²) in [6.07, 6.45) is 0.217. The molecule has 1 fully saturated rings. The highest BCUT2D eigenvalue weighted by Gasteiger charge is 2.35. The zero-order valence-electron chi connectivity index (χ0n) is 13.8. The number of rotatable bonds is 4. The van der Waals surface area contributed by atoms with Crippen molar-refractivity contribution in [2.75, 3.05) is 23.9 Å². The van der Waals surface area contributed by atoms with Gasteiger partial charge in [0.2, 0.25) is 11.8 Å². The molecule has 5 heteroatoms. The zero-order chi connectivity index (χ0) is 17.1. The molecular weight excluding hydrogens is 304 g/mol. The van der Waals surface area contributed by atoms with Gasteiger partial charge in [0.15, 0.2) is 0 Å². The lowest BCUT2D eigenvalue weighted by Gasteiger charge is -2.17. The van der Waals surface area contributed by atoms with E-state index in [2.05, 4.69) is 5.32 Å². The molecule has 1 saturated heterocycles. The predicted molar refractivity (Wildman–Crippen MR) is 93.3 cm³/mol. The third kappa shape index (κ3) is 3.25. The van der Waals surface area contributed by atoms with Crippen LogP contribution < -0.4 is 15.0 Å². The molecule has 2 amide bonds. The first kappa shape index (κ1) is 16.1. The minimum absolute atomic E-state index is 0.0287. The highest BCUT2D eigenvalue weighted by atomic mass is 16.5. The molecule has 0 aromatic heterocycles. The first-order valence-corrected chi connectivity index (χ1v) is 7.89. The molecule has 1 aliphatic rings. The van der Waals surface area contributed by atoms with Gasteiger partial charge in [0, 0.05) is 18.7 Å². The molecule has 0 aliphatic carbocycles. The minimum atomic E-state index is -0.372. The number of ether oxygens (including phenoxy) is 1. The fourth-order valence-electron chi connectivity index (χ4n) is 2.84. The first-order valence-electron chi connectivity index (χ1n) is 7.89. The summed E-state index contributed by atoms with van der Waals surface area (Å²) in [6, 6.07) is 15.0. The van der Waals surface area contributed by atoms with Crippen LogP contribution in [-0.2, 0) is 9.59 Å². The number of benzene rings is 2. The number of hydrogen-bond donors (Lipinski definition) is 1. The van der Waals surface area contributed by atoms with Gasteiger partial charge in [0.1, 0.15) is 5.75 Å². The van der Waals surface area contributed by atoms with E-state index in [1.165, 1.54) is 0 Å². The number of anilines is 2. The predicted octanol–water partition coefficient (Wildman–Crippen LogP) is 3.00. The van der Waals surface area contributed by atoms with E-state index >= 15 is 0 Å². The topological polar surface area (TPSA) is 58.6 Å². The van der Waals surface area contributed by atoms with Crippen LogP contribution >= 0.6 is 0 Å². The third-order valence-corrected chi connectivity index (χ3v) is 4.21. The average Bonchev–Trinajstić information content (AvgIpc) is 2.98. The van der Waals surface area contributed by atoms with E-state index in [0.29, 0.717) is 18.0 Å². The van der Waals surface area contributed by atoms with E-state index in [1.54, 1.807) is 24.1 Å². The van der Waals surface area contributed by atoms with Gasteiger partial charge in [-0.2, -0.15) is 0 Å². The number of nitrogens with one attached hydrogen (secondary N) is 1. The number of carbonyl (C=O) groups is 2. The molecule has 2 aromatic carbocycles. The van der Waals surface area contributed by atoms with E-state index in [4.69, 9.17) is 4.74 Å². The van der Waals surface area contributed by atoms with Crippen molar-refractivity contribution in [3.05, 3.63) is 54.1 Å². The molecule has 24 heavy (non-hydrogen) atoms. The number of methoxy groups -OCH3 is 1. The SMILES string of the molecule is COc1ccccc1NC(=O)[C@H]1CC(=O)N(c2ccc(C)cc2)C1. The Morgan fingerprint density at radius 1 is 1.17 bits per heavy atom. The van der Waals surface area contributed by atoms with Crippen molar-refractivity contribution in [2.24, 2.45) is 5.92 Å². The van der Waals surface area contributed by atoms with Crippen molar-refractivity contribution in [3.63, 3.8) is 0 Å². The number of aryl methyl sites for hydroxylation is 1. The summed E-state index contributed by atoms with van der Waals surface area (Å²) < 4.78 is 5.24. The summed E-state index contributed by atoms with van der Waals surface area (Å²) in [5.41, 5.74) is 2.58. The molecule has 3 rings (SSSR count). The average molecular weight is 324 g/mol. The molecule has 0 unspecified atom stereocenters. The number of nitrogens with zero attached hydrogens (tertiary/aromatic N) is 1. The maximum Gasteiger partial charge on any atom is 0.229 e. The van der Waals surface area contributed by atoms with Crippen molar-refractivity contribution < 1.29 is 14.3 Å².